The van der Waals surface area contributed by atoms with Gasteiger partial charge < -0.3 is 28.8 Å². The van der Waals surface area contributed by atoms with Crippen molar-refractivity contribution in [3.05, 3.63) is 12.2 Å². The van der Waals surface area contributed by atoms with E-state index in [9.17, 15) is 19.4 Å². The van der Waals surface area contributed by atoms with E-state index in [-0.39, 0.29) is 19.1 Å². The van der Waals surface area contributed by atoms with Crippen molar-refractivity contribution in [1.82, 2.24) is 5.32 Å². The van der Waals surface area contributed by atoms with Gasteiger partial charge >= 0.3 is 0 Å². The van der Waals surface area contributed by atoms with Crippen molar-refractivity contribution in [3.8, 4) is 0 Å². The molecule has 0 radical (unpaired) electrons. The van der Waals surface area contributed by atoms with Crippen molar-refractivity contribution in [3.63, 3.8) is 0 Å². The number of nitrogens with one attached hydrogen (secondary N) is 1. The Morgan fingerprint density at radius 2 is 0.724 bits per heavy atom. The van der Waals surface area contributed by atoms with Crippen LogP contribution in [0.1, 0.15) is 361 Å². The molecule has 0 aromatic heterocycles. The number of hydrogen-bond acceptors (Lipinski definition) is 6. The number of unbranched alkanes of at least 4 members (excludes halogenated alkanes) is 49. The van der Waals surface area contributed by atoms with Gasteiger partial charge in [-0.05, 0) is 38.5 Å². The molecule has 0 rings (SSSR count). The Hall–Kier alpha value is -0.760. The highest BCUT2D eigenvalue weighted by atomic mass is 31.2. The highest BCUT2D eigenvalue weighted by molar-refractivity contribution is 7.45. The summed E-state index contributed by atoms with van der Waals surface area (Å²) in [7, 11) is 1.33. The fourth-order valence-corrected chi connectivity index (χ4v) is 11.4. The predicted octanol–water partition coefficient (Wildman–Crippen LogP) is 20.7. The Bertz CT molecular complexity index is 1240. The van der Waals surface area contributed by atoms with Crippen LogP contribution in [-0.2, 0) is 18.4 Å². The van der Waals surface area contributed by atoms with Crippen molar-refractivity contribution in [2.24, 2.45) is 0 Å². The second-order valence-electron chi connectivity index (χ2n) is 24.9. The van der Waals surface area contributed by atoms with Gasteiger partial charge in [-0.25, -0.2) is 0 Å². The molecule has 2 N–H and O–H groups in total. The van der Waals surface area contributed by atoms with Gasteiger partial charge in [0.05, 0.1) is 39.9 Å². The van der Waals surface area contributed by atoms with Gasteiger partial charge in [0.1, 0.15) is 13.2 Å². The van der Waals surface area contributed by atoms with Crippen molar-refractivity contribution < 1.29 is 32.9 Å². The molecule has 3 unspecified atom stereocenters. The first-order valence-electron chi connectivity index (χ1n) is 34.0. The number of hydrogen-bond donors (Lipinski definition) is 2. The third-order valence-electron chi connectivity index (χ3n) is 16.0. The molecular formula is C67H135N2O6P. The average molecular weight is 1100 g/mol. The summed E-state index contributed by atoms with van der Waals surface area (Å²) >= 11 is 0. The van der Waals surface area contributed by atoms with Gasteiger partial charge in [-0.3, -0.25) is 9.36 Å². The summed E-state index contributed by atoms with van der Waals surface area (Å²) in [5.41, 5.74) is 0. The fourth-order valence-electron chi connectivity index (χ4n) is 10.7. The number of amides is 1. The number of carbonyl (C=O) groups excluding carboxylic acids is 1. The molecule has 0 aliphatic rings. The zero-order valence-electron chi connectivity index (χ0n) is 52.0. The molecule has 0 aromatic carbocycles. The van der Waals surface area contributed by atoms with Crippen molar-refractivity contribution in [2.45, 2.75) is 373 Å². The predicted molar refractivity (Wildman–Crippen MR) is 330 cm³/mol. The number of likely N-dealkylation sites (N-methyl/N-ethyl adjacent to an activating group) is 1. The molecule has 454 valence electrons. The number of aliphatic hydroxyl groups is 1. The van der Waals surface area contributed by atoms with E-state index < -0.39 is 20.0 Å². The summed E-state index contributed by atoms with van der Waals surface area (Å²) in [6, 6.07) is -0.799. The lowest BCUT2D eigenvalue weighted by molar-refractivity contribution is -0.870. The largest absolute Gasteiger partial charge is 0.756 e. The molecule has 0 aliphatic heterocycles. The number of carbonyl (C=O) groups is 1. The highest BCUT2D eigenvalue weighted by Crippen LogP contribution is 2.38. The van der Waals surface area contributed by atoms with Crippen molar-refractivity contribution >= 4 is 13.7 Å². The Morgan fingerprint density at radius 3 is 1.03 bits per heavy atom. The van der Waals surface area contributed by atoms with Crippen molar-refractivity contribution in [1.29, 1.82) is 0 Å². The number of phosphoric ester groups is 1. The van der Waals surface area contributed by atoms with E-state index in [0.29, 0.717) is 23.9 Å². The van der Waals surface area contributed by atoms with Crippen LogP contribution < -0.4 is 10.2 Å². The molecule has 8 nitrogen and oxygen atoms in total. The third-order valence-corrected chi connectivity index (χ3v) is 17.0. The Balaban J connectivity index is 4.02. The molecule has 0 spiro atoms. The molecule has 0 bridgehead atoms. The molecule has 0 saturated heterocycles. The van der Waals surface area contributed by atoms with E-state index in [1.54, 1.807) is 0 Å². The smallest absolute Gasteiger partial charge is 0.268 e. The summed E-state index contributed by atoms with van der Waals surface area (Å²) in [6.07, 6.45) is 74.2. The molecule has 0 aromatic rings. The molecule has 9 heteroatoms. The van der Waals surface area contributed by atoms with Crippen LogP contribution in [0, 0.1) is 0 Å². The van der Waals surface area contributed by atoms with E-state index in [2.05, 4.69) is 31.3 Å². The molecule has 0 aliphatic carbocycles. The van der Waals surface area contributed by atoms with Crippen LogP contribution in [0.4, 0.5) is 0 Å². The summed E-state index contributed by atoms with van der Waals surface area (Å²) in [5, 5.41) is 14.1. The third kappa shape index (κ3) is 60.9. The van der Waals surface area contributed by atoms with Crippen molar-refractivity contribution in [2.75, 3.05) is 40.9 Å². The summed E-state index contributed by atoms with van der Waals surface area (Å²) in [6.45, 7) is 4.79. The SMILES string of the molecule is CCCCCCCCCCCCCC/C=C\CCCCCCCCCCCCCCCCC(=O)NC(COP(=O)([O-])OCC[N+](C)(C)C)C(O)CCCCCCCCCCCCCCCCCCCCCCCCCC. The summed E-state index contributed by atoms with van der Waals surface area (Å²) in [5.74, 6) is -0.157. The number of allylic oxidation sites excluding steroid dienone is 2. The molecule has 0 fully saturated rings. The maximum atomic E-state index is 13.0. The summed E-state index contributed by atoms with van der Waals surface area (Å²) < 4.78 is 23.5. The molecule has 0 saturated carbocycles. The minimum Gasteiger partial charge on any atom is -0.756 e. The minimum atomic E-state index is -4.58. The Labute approximate surface area is 475 Å². The van der Waals surface area contributed by atoms with Gasteiger partial charge in [0, 0.05) is 6.42 Å². The average Bonchev–Trinajstić information content (AvgIpc) is 3.38. The lowest BCUT2D eigenvalue weighted by Gasteiger charge is -2.30. The van der Waals surface area contributed by atoms with E-state index in [1.807, 2.05) is 21.1 Å². The number of rotatable bonds is 64. The second kappa shape index (κ2) is 58.9. The van der Waals surface area contributed by atoms with Gasteiger partial charge in [0.25, 0.3) is 7.82 Å². The van der Waals surface area contributed by atoms with Gasteiger partial charge in [-0.2, -0.15) is 0 Å². The van der Waals surface area contributed by atoms with Gasteiger partial charge in [-0.1, -0.05) is 328 Å². The zero-order chi connectivity index (χ0) is 55.6. The van der Waals surface area contributed by atoms with E-state index in [1.165, 1.54) is 295 Å². The van der Waals surface area contributed by atoms with E-state index in [4.69, 9.17) is 9.05 Å². The normalized spacial score (nSPS) is 13.7. The number of aliphatic hydroxyl groups excluding tert-OH is 1. The lowest BCUT2D eigenvalue weighted by atomic mass is 10.0. The highest BCUT2D eigenvalue weighted by Gasteiger charge is 2.24. The van der Waals surface area contributed by atoms with Crippen LogP contribution in [0.25, 0.3) is 0 Å². The quantitative estimate of drug-likeness (QED) is 0.0272. The number of phosphoric acid groups is 1. The van der Waals surface area contributed by atoms with E-state index in [0.717, 1.165) is 38.5 Å². The monoisotopic (exact) mass is 1100 g/mol. The first kappa shape index (κ1) is 75.2. The maximum Gasteiger partial charge on any atom is 0.268 e. The molecular weight excluding hydrogens is 960 g/mol. The Morgan fingerprint density at radius 1 is 0.447 bits per heavy atom. The zero-order valence-corrected chi connectivity index (χ0v) is 52.9. The molecule has 3 atom stereocenters. The van der Waals surface area contributed by atoms with Crippen LogP contribution in [0.5, 0.6) is 0 Å². The van der Waals surface area contributed by atoms with Crippen LogP contribution in [0.15, 0.2) is 12.2 Å². The first-order valence-corrected chi connectivity index (χ1v) is 35.5. The topological polar surface area (TPSA) is 108 Å². The van der Waals surface area contributed by atoms with E-state index >= 15 is 0 Å². The van der Waals surface area contributed by atoms with Gasteiger partial charge in [0.15, 0.2) is 0 Å². The molecule has 76 heavy (non-hydrogen) atoms. The standard InChI is InChI=1S/C67H135N2O6P/c1-6-8-10-12-14-16-18-20-22-24-26-28-30-32-33-34-35-36-37-39-41-43-45-47-49-51-53-55-57-59-61-67(71)68-65(64-75-76(72,73)74-63-62-69(3,4)5)66(70)60-58-56-54-52-50-48-46-44-42-40-38-31-29-27-25-23-21-19-17-15-13-11-9-7-2/h32-33,65-66,70H,6-31,34-64H2,1-5H3,(H-,68,71,72,73)/b33-32-. The molecule has 1 amide bonds. The van der Waals surface area contributed by atoms with Crippen LogP contribution >= 0.6 is 7.82 Å². The fraction of sp³-hybridized carbons (Fsp3) is 0.955. The minimum absolute atomic E-state index is 0.0154. The maximum absolute atomic E-state index is 13.0. The summed E-state index contributed by atoms with van der Waals surface area (Å²) in [4.78, 5) is 25.6. The van der Waals surface area contributed by atoms with Crippen LogP contribution in [0.2, 0.25) is 0 Å². The second-order valence-corrected chi connectivity index (χ2v) is 26.3. The van der Waals surface area contributed by atoms with Crippen LogP contribution in [0.3, 0.4) is 0 Å². The Kier molecular flexibility index (Phi) is 58.3. The number of nitrogens with zero attached hydrogens (tertiary/aromatic N) is 1. The van der Waals surface area contributed by atoms with Gasteiger partial charge in [0.2, 0.25) is 5.91 Å². The lowest BCUT2D eigenvalue weighted by Crippen LogP contribution is -2.46. The first-order chi connectivity index (χ1) is 37.0. The van der Waals surface area contributed by atoms with Crippen LogP contribution in [-0.4, -0.2) is 68.5 Å². The number of quaternary nitrogens is 1. The molecule has 0 heterocycles. The van der Waals surface area contributed by atoms with Gasteiger partial charge in [-0.15, -0.1) is 0 Å².